The summed E-state index contributed by atoms with van der Waals surface area (Å²) in [7, 11) is 0. The fourth-order valence-electron chi connectivity index (χ4n) is 3.09. The van der Waals surface area contributed by atoms with Crippen LogP contribution in [0.25, 0.3) is 0 Å². The van der Waals surface area contributed by atoms with E-state index in [1.165, 1.54) is 43.5 Å². The quantitative estimate of drug-likeness (QED) is 0.844. The van der Waals surface area contributed by atoms with Crippen LogP contribution in [0, 0.1) is 5.92 Å². The van der Waals surface area contributed by atoms with Crippen molar-refractivity contribution < 1.29 is 0 Å². The van der Waals surface area contributed by atoms with Gasteiger partial charge in [0.1, 0.15) is 0 Å². The molecular weight excluding hydrogens is 256 g/mol. The van der Waals surface area contributed by atoms with Crippen molar-refractivity contribution in [2.75, 3.05) is 13.1 Å². The highest BCUT2D eigenvalue weighted by Crippen LogP contribution is 2.22. The molecule has 1 aliphatic heterocycles. The van der Waals surface area contributed by atoms with E-state index in [1.807, 2.05) is 0 Å². The molecule has 2 heteroatoms. The summed E-state index contributed by atoms with van der Waals surface area (Å²) < 4.78 is 0. The second-order valence-electron chi connectivity index (χ2n) is 7.60. The molecule has 2 rings (SSSR count). The summed E-state index contributed by atoms with van der Waals surface area (Å²) in [6, 6.07) is 9.14. The van der Waals surface area contributed by atoms with E-state index in [0.29, 0.717) is 0 Å². The minimum absolute atomic E-state index is 0.183. The van der Waals surface area contributed by atoms with Crippen molar-refractivity contribution >= 4 is 0 Å². The Labute approximate surface area is 130 Å². The van der Waals surface area contributed by atoms with Crippen LogP contribution in [0.5, 0.6) is 0 Å². The molecule has 2 nitrogen and oxygen atoms in total. The number of nitrogens with one attached hydrogen (secondary N) is 1. The molecule has 1 aromatic rings. The number of rotatable bonds is 6. The van der Waals surface area contributed by atoms with Crippen LogP contribution in [0.15, 0.2) is 24.3 Å². The smallest absolute Gasteiger partial charge is 0.0233 e. The van der Waals surface area contributed by atoms with Crippen molar-refractivity contribution in [1.82, 2.24) is 10.2 Å². The van der Waals surface area contributed by atoms with Gasteiger partial charge < -0.3 is 5.32 Å². The lowest BCUT2D eigenvalue weighted by molar-refractivity contribution is 0.313. The van der Waals surface area contributed by atoms with Gasteiger partial charge in [0.2, 0.25) is 0 Å². The van der Waals surface area contributed by atoms with Crippen molar-refractivity contribution in [3.63, 3.8) is 0 Å². The van der Waals surface area contributed by atoms with E-state index >= 15 is 0 Å². The number of hydrogen-bond acceptors (Lipinski definition) is 2. The highest BCUT2D eigenvalue weighted by molar-refractivity contribution is 5.22. The third-order valence-electron chi connectivity index (χ3n) is 4.32. The van der Waals surface area contributed by atoms with Gasteiger partial charge in [0.05, 0.1) is 0 Å². The van der Waals surface area contributed by atoms with Gasteiger partial charge in [-0.1, -0.05) is 37.6 Å². The predicted octanol–water partition coefficient (Wildman–Crippen LogP) is 4.20. The lowest BCUT2D eigenvalue weighted by Crippen LogP contribution is -2.35. The molecule has 0 radical (unpaired) electrons. The molecule has 1 saturated heterocycles. The van der Waals surface area contributed by atoms with Gasteiger partial charge >= 0.3 is 0 Å². The van der Waals surface area contributed by atoms with E-state index in [2.05, 4.69) is 62.2 Å². The second kappa shape index (κ2) is 7.42. The molecule has 21 heavy (non-hydrogen) atoms. The molecule has 0 amide bonds. The lowest BCUT2D eigenvalue weighted by Gasteiger charge is -2.21. The molecule has 1 fully saturated rings. The molecule has 1 atom stereocenters. The third kappa shape index (κ3) is 5.80. The molecule has 118 valence electrons. The molecule has 0 saturated carbocycles. The highest BCUT2D eigenvalue weighted by atomic mass is 15.1. The monoisotopic (exact) mass is 288 g/mol. The van der Waals surface area contributed by atoms with Gasteiger partial charge in [0.25, 0.3) is 0 Å². The van der Waals surface area contributed by atoms with E-state index in [0.717, 1.165) is 19.0 Å². The Hall–Kier alpha value is -0.860. The summed E-state index contributed by atoms with van der Waals surface area (Å²) in [4.78, 5) is 2.61. The van der Waals surface area contributed by atoms with E-state index in [1.54, 1.807) is 0 Å². The zero-order chi connectivity index (χ0) is 15.3. The summed E-state index contributed by atoms with van der Waals surface area (Å²) in [6.07, 6.45) is 4.11. The van der Waals surface area contributed by atoms with E-state index < -0.39 is 0 Å². The molecule has 1 aromatic carbocycles. The average molecular weight is 288 g/mol. The molecule has 0 aromatic heterocycles. The SMILES string of the molecule is CCCC1CCN(Cc2ccc(CNC(C)(C)C)cc2)C1. The van der Waals surface area contributed by atoms with Crippen LogP contribution in [-0.2, 0) is 13.1 Å². The van der Waals surface area contributed by atoms with Crippen molar-refractivity contribution in [3.8, 4) is 0 Å². The number of likely N-dealkylation sites (tertiary alicyclic amines) is 1. The number of benzene rings is 1. The van der Waals surface area contributed by atoms with E-state index in [4.69, 9.17) is 0 Å². The van der Waals surface area contributed by atoms with Crippen molar-refractivity contribution in [1.29, 1.82) is 0 Å². The summed E-state index contributed by atoms with van der Waals surface area (Å²) >= 11 is 0. The maximum Gasteiger partial charge on any atom is 0.0233 e. The molecule has 1 unspecified atom stereocenters. The van der Waals surface area contributed by atoms with Gasteiger partial charge in [-0.2, -0.15) is 0 Å². The topological polar surface area (TPSA) is 15.3 Å². The number of nitrogens with zero attached hydrogens (tertiary/aromatic N) is 1. The summed E-state index contributed by atoms with van der Waals surface area (Å²) in [5, 5.41) is 3.54. The Kier molecular flexibility index (Phi) is 5.83. The molecule has 1 heterocycles. The van der Waals surface area contributed by atoms with Crippen molar-refractivity contribution in [2.45, 2.75) is 65.6 Å². The van der Waals surface area contributed by atoms with Gasteiger partial charge in [-0.15, -0.1) is 0 Å². The van der Waals surface area contributed by atoms with Crippen LogP contribution in [-0.4, -0.2) is 23.5 Å². The molecule has 1 N–H and O–H groups in total. The minimum Gasteiger partial charge on any atom is -0.308 e. The normalized spacial score (nSPS) is 20.1. The molecular formula is C19H32N2. The predicted molar refractivity (Wildman–Crippen MR) is 91.3 cm³/mol. The van der Waals surface area contributed by atoms with Crippen molar-refractivity contribution in [2.24, 2.45) is 5.92 Å². The molecule has 0 aliphatic carbocycles. The van der Waals surface area contributed by atoms with Crippen LogP contribution in [0.1, 0.15) is 58.1 Å². The first-order valence-electron chi connectivity index (χ1n) is 8.51. The zero-order valence-corrected chi connectivity index (χ0v) is 14.3. The van der Waals surface area contributed by atoms with Gasteiger partial charge in [0, 0.05) is 25.2 Å². The lowest BCUT2D eigenvalue weighted by atomic mass is 10.0. The van der Waals surface area contributed by atoms with Crippen LogP contribution in [0.4, 0.5) is 0 Å². The largest absolute Gasteiger partial charge is 0.308 e. The first-order valence-corrected chi connectivity index (χ1v) is 8.51. The Balaban J connectivity index is 1.80. The highest BCUT2D eigenvalue weighted by Gasteiger charge is 2.21. The molecule has 0 bridgehead atoms. The third-order valence-corrected chi connectivity index (χ3v) is 4.32. The van der Waals surface area contributed by atoms with Crippen LogP contribution < -0.4 is 5.32 Å². The fraction of sp³-hybridized carbons (Fsp3) is 0.684. The van der Waals surface area contributed by atoms with Gasteiger partial charge in [0.15, 0.2) is 0 Å². The van der Waals surface area contributed by atoms with Gasteiger partial charge in [-0.05, 0) is 57.2 Å². The Morgan fingerprint density at radius 2 is 1.81 bits per heavy atom. The first-order chi connectivity index (χ1) is 9.96. The Morgan fingerprint density at radius 1 is 1.14 bits per heavy atom. The van der Waals surface area contributed by atoms with Crippen LogP contribution in [0.3, 0.4) is 0 Å². The van der Waals surface area contributed by atoms with E-state index in [9.17, 15) is 0 Å². The maximum absolute atomic E-state index is 3.54. The van der Waals surface area contributed by atoms with Crippen LogP contribution in [0.2, 0.25) is 0 Å². The van der Waals surface area contributed by atoms with Gasteiger partial charge in [-0.25, -0.2) is 0 Å². The van der Waals surface area contributed by atoms with Gasteiger partial charge in [-0.3, -0.25) is 4.90 Å². The number of hydrogen-bond donors (Lipinski definition) is 1. The Bertz CT molecular complexity index is 416. The maximum atomic E-state index is 3.54. The second-order valence-corrected chi connectivity index (χ2v) is 7.60. The summed E-state index contributed by atoms with van der Waals surface area (Å²) in [5.41, 5.74) is 3.01. The minimum atomic E-state index is 0.183. The zero-order valence-electron chi connectivity index (χ0n) is 14.3. The summed E-state index contributed by atoms with van der Waals surface area (Å²) in [6.45, 7) is 13.6. The van der Waals surface area contributed by atoms with Crippen molar-refractivity contribution in [3.05, 3.63) is 35.4 Å². The fourth-order valence-corrected chi connectivity index (χ4v) is 3.09. The first kappa shape index (κ1) is 16.5. The summed E-state index contributed by atoms with van der Waals surface area (Å²) in [5.74, 6) is 0.935. The standard InChI is InChI=1S/C19H32N2/c1-5-6-17-11-12-21(14-17)15-18-9-7-16(8-10-18)13-20-19(2,3)4/h7-10,17,20H,5-6,11-15H2,1-4H3. The van der Waals surface area contributed by atoms with E-state index in [-0.39, 0.29) is 5.54 Å². The molecule has 1 aliphatic rings. The van der Waals surface area contributed by atoms with Crippen LogP contribution >= 0.6 is 0 Å². The molecule has 0 spiro atoms. The Morgan fingerprint density at radius 3 is 2.43 bits per heavy atom. The average Bonchev–Trinajstić information content (AvgIpc) is 2.85.